The molecule has 0 aliphatic rings. The maximum absolute atomic E-state index is 11.1. The second-order valence-electron chi connectivity index (χ2n) is 4.53. The van der Waals surface area contributed by atoms with E-state index in [-0.39, 0.29) is 11.6 Å². The van der Waals surface area contributed by atoms with Crippen LogP contribution in [0.2, 0.25) is 0 Å². The van der Waals surface area contributed by atoms with Crippen molar-refractivity contribution in [1.82, 2.24) is 4.57 Å². The van der Waals surface area contributed by atoms with Gasteiger partial charge in [0.25, 0.3) is 5.91 Å². The van der Waals surface area contributed by atoms with Crippen LogP contribution in [0.15, 0.2) is 11.6 Å². The summed E-state index contributed by atoms with van der Waals surface area (Å²) in [6.07, 6.45) is 1.53. The highest BCUT2D eigenvalue weighted by Crippen LogP contribution is 2.22. The molecule has 5 heteroatoms. The van der Waals surface area contributed by atoms with Gasteiger partial charge in [-0.05, 0) is 38.5 Å². The average molecular weight is 261 g/mol. The van der Waals surface area contributed by atoms with Crippen LogP contribution in [0, 0.1) is 25.2 Å². The van der Waals surface area contributed by atoms with Gasteiger partial charge in [0, 0.05) is 18.5 Å². The Morgan fingerprint density at radius 3 is 2.74 bits per heavy atom. The number of amides is 1. The number of primary amides is 1. The van der Waals surface area contributed by atoms with Gasteiger partial charge in [-0.2, -0.15) is 5.26 Å². The van der Waals surface area contributed by atoms with E-state index in [0.717, 1.165) is 17.0 Å². The lowest BCUT2D eigenvalue weighted by Gasteiger charge is -2.17. The fourth-order valence-corrected chi connectivity index (χ4v) is 2.26. The number of methoxy groups -OCH3 is 1. The Kier molecular flexibility index (Phi) is 4.90. The highest BCUT2D eigenvalue weighted by Gasteiger charge is 2.14. The van der Waals surface area contributed by atoms with Gasteiger partial charge in [-0.3, -0.25) is 4.79 Å². The third-order valence-corrected chi connectivity index (χ3v) is 3.06. The fraction of sp³-hybridized carbons (Fsp3) is 0.429. The number of nitrogens with two attached hydrogens (primary N) is 1. The number of hydrogen-bond acceptors (Lipinski definition) is 3. The average Bonchev–Trinajstić information content (AvgIpc) is 2.61. The number of hydrogen-bond donors (Lipinski definition) is 1. The smallest absolute Gasteiger partial charge is 0.259 e. The third kappa shape index (κ3) is 3.24. The molecule has 1 amide bonds. The molecule has 1 aromatic heterocycles. The number of nitrogens with zero attached hydrogens (tertiary/aromatic N) is 2. The number of carbonyl (C=O) groups is 1. The predicted octanol–water partition coefficient (Wildman–Crippen LogP) is 1.70. The molecule has 0 aromatic carbocycles. The molecule has 1 unspecified atom stereocenters. The number of aryl methyl sites for hydroxylation is 1. The Hall–Kier alpha value is -2.06. The summed E-state index contributed by atoms with van der Waals surface area (Å²) in [7, 11) is 1.66. The zero-order valence-corrected chi connectivity index (χ0v) is 11.7. The van der Waals surface area contributed by atoms with Crippen LogP contribution in [0.4, 0.5) is 0 Å². The molecule has 0 saturated carbocycles. The summed E-state index contributed by atoms with van der Waals surface area (Å²) < 4.78 is 7.27. The van der Waals surface area contributed by atoms with Crippen molar-refractivity contribution in [3.8, 4) is 6.07 Å². The lowest BCUT2D eigenvalue weighted by Crippen LogP contribution is -2.14. The van der Waals surface area contributed by atoms with E-state index in [2.05, 4.69) is 11.5 Å². The summed E-state index contributed by atoms with van der Waals surface area (Å²) in [5.41, 5.74) is 7.96. The minimum atomic E-state index is -0.711. The molecule has 0 spiro atoms. The van der Waals surface area contributed by atoms with Crippen LogP contribution in [0.25, 0.3) is 6.08 Å². The first kappa shape index (κ1) is 15.0. The van der Waals surface area contributed by atoms with Gasteiger partial charge in [-0.25, -0.2) is 0 Å². The van der Waals surface area contributed by atoms with Crippen LogP contribution in [-0.4, -0.2) is 24.2 Å². The molecule has 1 atom stereocenters. The minimum absolute atomic E-state index is 0.0420. The number of rotatable bonds is 5. The van der Waals surface area contributed by atoms with Crippen molar-refractivity contribution in [1.29, 1.82) is 5.26 Å². The largest absolute Gasteiger partial charge is 0.383 e. The lowest BCUT2D eigenvalue weighted by atomic mass is 10.1. The van der Waals surface area contributed by atoms with Gasteiger partial charge >= 0.3 is 0 Å². The van der Waals surface area contributed by atoms with Crippen molar-refractivity contribution < 1.29 is 9.53 Å². The predicted molar refractivity (Wildman–Crippen MR) is 73.3 cm³/mol. The molecule has 0 aliphatic carbocycles. The Morgan fingerprint density at radius 2 is 2.26 bits per heavy atom. The Morgan fingerprint density at radius 1 is 1.63 bits per heavy atom. The normalized spacial score (nSPS) is 13.1. The molecule has 19 heavy (non-hydrogen) atoms. The van der Waals surface area contributed by atoms with Crippen molar-refractivity contribution in [2.75, 3.05) is 13.7 Å². The van der Waals surface area contributed by atoms with E-state index in [0.29, 0.717) is 6.61 Å². The molecular weight excluding hydrogens is 242 g/mol. The van der Waals surface area contributed by atoms with Gasteiger partial charge in [-0.1, -0.05) is 0 Å². The van der Waals surface area contributed by atoms with Crippen LogP contribution in [0.1, 0.15) is 29.9 Å². The number of aromatic nitrogens is 1. The standard InChI is InChI=1S/C14H19N3O2/c1-9-5-12(6-13(7-15)14(16)18)11(3)17(9)10(2)8-19-4/h5-6,10H,8H2,1-4H3,(H2,16,18). The number of carbonyl (C=O) groups excluding carboxylic acids is 1. The van der Waals surface area contributed by atoms with Gasteiger partial charge in [-0.15, -0.1) is 0 Å². The molecule has 1 aromatic rings. The summed E-state index contributed by atoms with van der Waals surface area (Å²) in [5.74, 6) is -0.711. The molecule has 0 radical (unpaired) electrons. The highest BCUT2D eigenvalue weighted by atomic mass is 16.5. The second kappa shape index (κ2) is 6.21. The van der Waals surface area contributed by atoms with Crippen molar-refractivity contribution in [3.63, 3.8) is 0 Å². The van der Waals surface area contributed by atoms with Gasteiger partial charge in [0.2, 0.25) is 0 Å². The molecular formula is C14H19N3O2. The zero-order chi connectivity index (χ0) is 14.6. The van der Waals surface area contributed by atoms with Gasteiger partial charge in [0.05, 0.1) is 12.6 Å². The van der Waals surface area contributed by atoms with Crippen molar-refractivity contribution in [2.45, 2.75) is 26.8 Å². The minimum Gasteiger partial charge on any atom is -0.383 e. The molecule has 0 saturated heterocycles. The first-order chi connectivity index (χ1) is 8.92. The van der Waals surface area contributed by atoms with Gasteiger partial charge in [0.15, 0.2) is 0 Å². The lowest BCUT2D eigenvalue weighted by molar-refractivity contribution is -0.114. The third-order valence-electron chi connectivity index (χ3n) is 3.06. The van der Waals surface area contributed by atoms with Crippen LogP contribution in [-0.2, 0) is 9.53 Å². The van der Waals surface area contributed by atoms with E-state index < -0.39 is 5.91 Å². The van der Waals surface area contributed by atoms with Crippen molar-refractivity contribution >= 4 is 12.0 Å². The van der Waals surface area contributed by atoms with Gasteiger partial charge < -0.3 is 15.0 Å². The van der Waals surface area contributed by atoms with E-state index in [1.54, 1.807) is 7.11 Å². The van der Waals surface area contributed by atoms with Crippen LogP contribution < -0.4 is 5.73 Å². The van der Waals surface area contributed by atoms with E-state index >= 15 is 0 Å². The summed E-state index contributed by atoms with van der Waals surface area (Å²) >= 11 is 0. The molecule has 0 aliphatic heterocycles. The molecule has 5 nitrogen and oxygen atoms in total. The molecule has 1 rings (SSSR count). The first-order valence-corrected chi connectivity index (χ1v) is 6.01. The zero-order valence-electron chi connectivity index (χ0n) is 11.7. The van der Waals surface area contributed by atoms with E-state index in [1.807, 2.05) is 26.0 Å². The molecule has 1 heterocycles. The van der Waals surface area contributed by atoms with Crippen LogP contribution in [0.5, 0.6) is 0 Å². The quantitative estimate of drug-likeness (QED) is 0.647. The summed E-state index contributed by atoms with van der Waals surface area (Å²) in [4.78, 5) is 11.1. The van der Waals surface area contributed by atoms with E-state index in [9.17, 15) is 4.79 Å². The Labute approximate surface area is 113 Å². The maximum Gasteiger partial charge on any atom is 0.259 e. The summed E-state index contributed by atoms with van der Waals surface area (Å²) in [6.45, 7) is 6.57. The first-order valence-electron chi connectivity index (χ1n) is 6.01. The molecule has 0 bridgehead atoms. The fourth-order valence-electron chi connectivity index (χ4n) is 2.26. The van der Waals surface area contributed by atoms with Crippen LogP contribution in [0.3, 0.4) is 0 Å². The number of ether oxygens (including phenoxy) is 1. The summed E-state index contributed by atoms with van der Waals surface area (Å²) in [6, 6.07) is 3.93. The molecule has 2 N–H and O–H groups in total. The van der Waals surface area contributed by atoms with E-state index in [1.165, 1.54) is 6.08 Å². The van der Waals surface area contributed by atoms with Gasteiger partial charge in [0.1, 0.15) is 11.6 Å². The molecule has 0 fully saturated rings. The Balaban J connectivity index is 3.24. The Bertz CT molecular complexity index is 550. The van der Waals surface area contributed by atoms with Crippen LogP contribution >= 0.6 is 0 Å². The maximum atomic E-state index is 11.1. The topological polar surface area (TPSA) is 81.0 Å². The number of nitriles is 1. The monoisotopic (exact) mass is 261 g/mol. The summed E-state index contributed by atoms with van der Waals surface area (Å²) in [5, 5.41) is 8.87. The van der Waals surface area contributed by atoms with Crippen molar-refractivity contribution in [2.24, 2.45) is 5.73 Å². The van der Waals surface area contributed by atoms with E-state index in [4.69, 9.17) is 15.7 Å². The second-order valence-corrected chi connectivity index (χ2v) is 4.53. The van der Waals surface area contributed by atoms with Crippen molar-refractivity contribution in [3.05, 3.63) is 28.6 Å². The highest BCUT2D eigenvalue weighted by molar-refractivity contribution is 6.00. The SMILES string of the molecule is COCC(C)n1c(C)cc(C=C(C#N)C(N)=O)c1C. The molecule has 102 valence electrons.